The number of urea groups is 1. The lowest BCUT2D eigenvalue weighted by Crippen LogP contribution is -2.42. The van der Waals surface area contributed by atoms with E-state index in [0.717, 1.165) is 47.2 Å². The summed E-state index contributed by atoms with van der Waals surface area (Å²) in [6, 6.07) is 16.6. The van der Waals surface area contributed by atoms with Crippen molar-refractivity contribution < 1.29 is 13.6 Å². The van der Waals surface area contributed by atoms with Crippen LogP contribution >= 0.6 is 11.3 Å². The molecule has 0 radical (unpaired) electrons. The van der Waals surface area contributed by atoms with Crippen molar-refractivity contribution in [3.8, 4) is 5.00 Å². The Morgan fingerprint density at radius 1 is 0.972 bits per heavy atom. The second kappa shape index (κ2) is 9.54. The van der Waals surface area contributed by atoms with E-state index in [1.54, 1.807) is 16.2 Å². The monoisotopic (exact) mass is 503 g/mol. The highest BCUT2D eigenvalue weighted by Crippen LogP contribution is 2.44. The van der Waals surface area contributed by atoms with E-state index in [-0.39, 0.29) is 6.03 Å². The number of benzene rings is 2. The zero-order valence-corrected chi connectivity index (χ0v) is 20.7. The molecule has 1 aliphatic heterocycles. The molecule has 0 saturated carbocycles. The normalized spacial score (nSPS) is 16.6. The molecule has 0 bridgehead atoms. The fraction of sp³-hybridized carbons (Fsp3) is 0.276. The molecule has 1 aliphatic carbocycles. The fourth-order valence-corrected chi connectivity index (χ4v) is 6.93. The van der Waals surface area contributed by atoms with Gasteiger partial charge >= 0.3 is 6.03 Å². The van der Waals surface area contributed by atoms with Gasteiger partial charge in [0.1, 0.15) is 22.7 Å². The number of aryl methyl sites for hydroxylation is 1. The van der Waals surface area contributed by atoms with E-state index in [4.69, 9.17) is 0 Å². The van der Waals surface area contributed by atoms with E-state index in [1.807, 2.05) is 48.7 Å². The van der Waals surface area contributed by atoms with E-state index in [2.05, 4.69) is 9.88 Å². The Hall–Kier alpha value is -3.45. The van der Waals surface area contributed by atoms with Gasteiger partial charge in [0.25, 0.3) is 0 Å². The average Bonchev–Trinajstić information content (AvgIpc) is 3.46. The van der Waals surface area contributed by atoms with Gasteiger partial charge in [-0.15, -0.1) is 11.3 Å². The highest BCUT2D eigenvalue weighted by molar-refractivity contribution is 7.15. The number of carbonyl (C=O) groups excluding carboxylic acids is 1. The lowest BCUT2D eigenvalue weighted by atomic mass is 9.95. The summed E-state index contributed by atoms with van der Waals surface area (Å²) in [5.41, 5.74) is 4.89. The number of halogens is 2. The van der Waals surface area contributed by atoms with Gasteiger partial charge in [0.05, 0.1) is 12.2 Å². The number of fused-ring (bicyclic) bond motifs is 5. The molecule has 4 aromatic rings. The summed E-state index contributed by atoms with van der Waals surface area (Å²) in [5.74, 6) is -1.30. The van der Waals surface area contributed by atoms with Crippen LogP contribution in [0.4, 0.5) is 13.6 Å². The standard InChI is InChI=1S/C29H27F2N3OS/c30-21-15-20(16-22(31)17-21)27-25-10-6-14-33(25)28-24(23-9-4-5-11-26(23)36-28)18-34(27)29(35)32-13-12-19-7-2-1-3-8-19/h1-3,6-8,10,14-17,27H,4-5,9,11-13,18H2,(H,32,35)/t27-/m0/s1. The summed E-state index contributed by atoms with van der Waals surface area (Å²) in [7, 11) is 0. The Labute approximate surface area is 213 Å². The van der Waals surface area contributed by atoms with Crippen LogP contribution < -0.4 is 5.32 Å². The lowest BCUT2D eigenvalue weighted by Gasteiger charge is -2.31. The summed E-state index contributed by atoms with van der Waals surface area (Å²) >= 11 is 1.79. The Balaban J connectivity index is 1.41. The van der Waals surface area contributed by atoms with Crippen molar-refractivity contribution in [2.24, 2.45) is 0 Å². The fourth-order valence-electron chi connectivity index (χ4n) is 5.53. The number of aromatic nitrogens is 1. The van der Waals surface area contributed by atoms with Crippen LogP contribution in [-0.4, -0.2) is 22.0 Å². The number of carbonyl (C=O) groups is 1. The van der Waals surface area contributed by atoms with Crippen LogP contribution in [0.15, 0.2) is 66.9 Å². The molecular formula is C29H27F2N3OS. The van der Waals surface area contributed by atoms with Crippen LogP contribution in [0.5, 0.6) is 0 Å². The third kappa shape index (κ3) is 4.22. The molecule has 0 unspecified atom stereocenters. The predicted molar refractivity (Wildman–Crippen MR) is 138 cm³/mol. The first-order valence-corrected chi connectivity index (χ1v) is 13.3. The van der Waals surface area contributed by atoms with Crippen molar-refractivity contribution >= 4 is 17.4 Å². The minimum absolute atomic E-state index is 0.239. The number of hydrogen-bond acceptors (Lipinski definition) is 2. The van der Waals surface area contributed by atoms with Crippen molar-refractivity contribution in [3.05, 3.63) is 111 Å². The first-order valence-electron chi connectivity index (χ1n) is 12.4. The third-order valence-electron chi connectivity index (χ3n) is 7.17. The SMILES string of the molecule is O=C(NCCc1ccccc1)N1Cc2c(sc3c2CCCC3)-n2cccc2[C@@H]1c1cc(F)cc(F)c1. The van der Waals surface area contributed by atoms with Gasteiger partial charge in [-0.2, -0.15) is 0 Å². The van der Waals surface area contributed by atoms with E-state index >= 15 is 0 Å². The second-order valence-electron chi connectivity index (χ2n) is 9.50. The zero-order valence-electron chi connectivity index (χ0n) is 19.8. The van der Waals surface area contributed by atoms with E-state index in [0.29, 0.717) is 25.1 Å². The molecule has 6 rings (SSSR count). The van der Waals surface area contributed by atoms with Crippen LogP contribution in [-0.2, 0) is 25.8 Å². The molecule has 36 heavy (non-hydrogen) atoms. The molecule has 0 saturated heterocycles. The maximum atomic E-state index is 14.4. The summed E-state index contributed by atoms with van der Waals surface area (Å²) in [6.07, 6.45) is 7.08. The number of nitrogens with zero attached hydrogens (tertiary/aromatic N) is 2. The number of amides is 2. The molecule has 4 nitrogen and oxygen atoms in total. The Morgan fingerprint density at radius 3 is 2.56 bits per heavy atom. The predicted octanol–water partition coefficient (Wildman–Crippen LogP) is 6.55. The maximum Gasteiger partial charge on any atom is 0.318 e. The van der Waals surface area contributed by atoms with Crippen LogP contribution in [0.1, 0.15) is 51.7 Å². The first-order chi connectivity index (χ1) is 17.6. The largest absolute Gasteiger partial charge is 0.338 e. The van der Waals surface area contributed by atoms with Gasteiger partial charge in [-0.25, -0.2) is 13.6 Å². The summed E-state index contributed by atoms with van der Waals surface area (Å²) in [6.45, 7) is 0.863. The number of rotatable bonds is 4. The smallest absolute Gasteiger partial charge is 0.318 e. The van der Waals surface area contributed by atoms with E-state index in [1.165, 1.54) is 29.0 Å². The van der Waals surface area contributed by atoms with Crippen molar-refractivity contribution in [3.63, 3.8) is 0 Å². The number of nitrogens with one attached hydrogen (secondary N) is 1. The molecule has 1 N–H and O–H groups in total. The summed E-state index contributed by atoms with van der Waals surface area (Å²) in [4.78, 5) is 16.9. The molecule has 2 aliphatic rings. The van der Waals surface area contributed by atoms with Gasteiger partial charge in [-0.3, -0.25) is 0 Å². The van der Waals surface area contributed by atoms with Gasteiger partial charge in [-0.1, -0.05) is 30.3 Å². The molecule has 2 aromatic heterocycles. The topological polar surface area (TPSA) is 37.3 Å². The minimum atomic E-state index is -0.649. The van der Waals surface area contributed by atoms with Crippen molar-refractivity contribution in [1.82, 2.24) is 14.8 Å². The van der Waals surface area contributed by atoms with Crippen molar-refractivity contribution in [2.45, 2.75) is 44.7 Å². The Morgan fingerprint density at radius 2 is 1.75 bits per heavy atom. The van der Waals surface area contributed by atoms with Crippen LogP contribution in [0.25, 0.3) is 5.00 Å². The van der Waals surface area contributed by atoms with Gasteiger partial charge in [0.2, 0.25) is 0 Å². The minimum Gasteiger partial charge on any atom is -0.338 e. The van der Waals surface area contributed by atoms with Gasteiger partial charge in [0, 0.05) is 29.2 Å². The first kappa shape index (κ1) is 23.0. The number of hydrogen-bond donors (Lipinski definition) is 1. The molecule has 2 aromatic carbocycles. The molecule has 7 heteroatoms. The molecule has 0 fully saturated rings. The quantitative estimate of drug-likeness (QED) is 0.337. The Bertz CT molecular complexity index is 1390. The maximum absolute atomic E-state index is 14.4. The highest BCUT2D eigenvalue weighted by Gasteiger charge is 2.36. The van der Waals surface area contributed by atoms with Crippen LogP contribution in [0.2, 0.25) is 0 Å². The van der Waals surface area contributed by atoms with Crippen molar-refractivity contribution in [1.29, 1.82) is 0 Å². The summed E-state index contributed by atoms with van der Waals surface area (Å²) in [5, 5.41) is 4.19. The van der Waals surface area contributed by atoms with Gasteiger partial charge in [0.15, 0.2) is 0 Å². The van der Waals surface area contributed by atoms with Gasteiger partial charge < -0.3 is 14.8 Å². The number of thiophene rings is 1. The van der Waals surface area contributed by atoms with Crippen LogP contribution in [0.3, 0.4) is 0 Å². The van der Waals surface area contributed by atoms with E-state index in [9.17, 15) is 13.6 Å². The van der Waals surface area contributed by atoms with E-state index < -0.39 is 17.7 Å². The average molecular weight is 504 g/mol. The molecule has 3 heterocycles. The Kier molecular flexibility index (Phi) is 6.09. The third-order valence-corrected chi connectivity index (χ3v) is 8.51. The second-order valence-corrected chi connectivity index (χ2v) is 10.6. The van der Waals surface area contributed by atoms with Crippen molar-refractivity contribution in [2.75, 3.05) is 6.54 Å². The lowest BCUT2D eigenvalue weighted by molar-refractivity contribution is 0.180. The van der Waals surface area contributed by atoms with Crippen LogP contribution in [0, 0.1) is 11.6 Å². The summed E-state index contributed by atoms with van der Waals surface area (Å²) < 4.78 is 30.9. The zero-order chi connectivity index (χ0) is 24.6. The van der Waals surface area contributed by atoms with Gasteiger partial charge in [-0.05, 0) is 73.1 Å². The molecule has 184 valence electrons. The molecular weight excluding hydrogens is 476 g/mol. The molecule has 1 atom stereocenters. The molecule has 0 spiro atoms. The molecule has 2 amide bonds. The highest BCUT2D eigenvalue weighted by atomic mass is 32.1.